The largest absolute Gasteiger partial charge is 0.341 e. The fourth-order valence-corrected chi connectivity index (χ4v) is 1.83. The summed E-state index contributed by atoms with van der Waals surface area (Å²) in [4.78, 5) is 12.7. The first-order valence-corrected chi connectivity index (χ1v) is 6.04. The summed E-state index contributed by atoms with van der Waals surface area (Å²) in [6.07, 6.45) is 5.88. The fourth-order valence-electron chi connectivity index (χ4n) is 1.83. The monoisotopic (exact) mass is 225 g/mol. The molecule has 4 nitrogen and oxygen atoms in total. The van der Waals surface area contributed by atoms with E-state index in [2.05, 4.69) is 35.8 Å². The van der Waals surface area contributed by atoms with Gasteiger partial charge in [-0.15, -0.1) is 0 Å². The van der Waals surface area contributed by atoms with Crippen molar-refractivity contribution in [1.29, 1.82) is 0 Å². The number of nitrogens with zero attached hydrogens (tertiary/aromatic N) is 3. The molecule has 0 radical (unpaired) electrons. The average molecular weight is 225 g/mol. The second-order valence-corrected chi connectivity index (χ2v) is 5.24. The third-order valence-electron chi connectivity index (χ3n) is 2.76. The second kappa shape index (κ2) is 5.87. The van der Waals surface area contributed by atoms with E-state index in [-0.39, 0.29) is 5.41 Å². The highest BCUT2D eigenvalue weighted by Crippen LogP contribution is 2.21. The van der Waals surface area contributed by atoms with Crippen LogP contribution in [-0.4, -0.2) is 42.3 Å². The first kappa shape index (κ1) is 13.0. The van der Waals surface area contributed by atoms with Crippen molar-refractivity contribution in [2.45, 2.75) is 40.0 Å². The molecule has 0 aromatic heterocycles. The summed E-state index contributed by atoms with van der Waals surface area (Å²) in [5.41, 5.74) is 0.0362. The minimum Gasteiger partial charge on any atom is -0.341 e. The van der Waals surface area contributed by atoms with Crippen LogP contribution >= 0.6 is 0 Å². The molecular formula is C12H23N3O. The standard InChI is InChI=1S/C12H23N3O/c1-4-5-7-15-11-14(10-13-15)9-12(2,3)6-8-16/h8,10H,4-7,9,11H2,1-3H3. The third kappa shape index (κ3) is 4.21. The zero-order valence-corrected chi connectivity index (χ0v) is 10.6. The van der Waals surface area contributed by atoms with Gasteiger partial charge in [0.2, 0.25) is 0 Å². The average Bonchev–Trinajstić information content (AvgIpc) is 2.61. The van der Waals surface area contributed by atoms with Crippen LogP contribution in [0.3, 0.4) is 0 Å². The van der Waals surface area contributed by atoms with E-state index in [0.29, 0.717) is 6.42 Å². The molecular weight excluding hydrogens is 202 g/mol. The maximum absolute atomic E-state index is 10.5. The molecule has 92 valence electrons. The van der Waals surface area contributed by atoms with Crippen LogP contribution in [-0.2, 0) is 4.79 Å². The zero-order valence-electron chi connectivity index (χ0n) is 10.6. The van der Waals surface area contributed by atoms with Gasteiger partial charge >= 0.3 is 0 Å². The van der Waals surface area contributed by atoms with Crippen molar-refractivity contribution in [3.63, 3.8) is 0 Å². The summed E-state index contributed by atoms with van der Waals surface area (Å²) in [7, 11) is 0. The van der Waals surface area contributed by atoms with Crippen LogP contribution in [0.4, 0.5) is 0 Å². The molecule has 0 spiro atoms. The van der Waals surface area contributed by atoms with Gasteiger partial charge in [-0.25, -0.2) is 0 Å². The molecule has 0 atom stereocenters. The van der Waals surface area contributed by atoms with Crippen molar-refractivity contribution in [3.05, 3.63) is 0 Å². The molecule has 0 unspecified atom stereocenters. The Bertz CT molecular complexity index is 251. The lowest BCUT2D eigenvalue weighted by Crippen LogP contribution is -2.35. The van der Waals surface area contributed by atoms with Gasteiger partial charge < -0.3 is 9.69 Å². The van der Waals surface area contributed by atoms with Gasteiger partial charge in [0, 0.05) is 19.5 Å². The predicted molar refractivity (Wildman–Crippen MR) is 66.1 cm³/mol. The highest BCUT2D eigenvalue weighted by Gasteiger charge is 2.23. The molecule has 0 amide bonds. The van der Waals surface area contributed by atoms with Gasteiger partial charge in [-0.3, -0.25) is 5.01 Å². The lowest BCUT2D eigenvalue weighted by Gasteiger charge is -2.28. The van der Waals surface area contributed by atoms with E-state index >= 15 is 0 Å². The number of aldehydes is 1. The molecule has 0 aromatic carbocycles. The lowest BCUT2D eigenvalue weighted by atomic mass is 9.90. The molecule has 0 saturated carbocycles. The Morgan fingerprint density at radius 2 is 2.25 bits per heavy atom. The molecule has 1 aliphatic heterocycles. The van der Waals surface area contributed by atoms with Crippen molar-refractivity contribution < 1.29 is 4.79 Å². The van der Waals surface area contributed by atoms with Crippen LogP contribution in [0.1, 0.15) is 40.0 Å². The van der Waals surface area contributed by atoms with Crippen molar-refractivity contribution in [1.82, 2.24) is 9.91 Å². The molecule has 1 rings (SSSR count). The normalized spacial score (nSPS) is 15.9. The van der Waals surface area contributed by atoms with Gasteiger partial charge in [0.15, 0.2) is 0 Å². The second-order valence-electron chi connectivity index (χ2n) is 5.24. The van der Waals surface area contributed by atoms with Crippen LogP contribution in [0.25, 0.3) is 0 Å². The topological polar surface area (TPSA) is 35.9 Å². The predicted octanol–water partition coefficient (Wildman–Crippen LogP) is 1.92. The minimum absolute atomic E-state index is 0.0362. The lowest BCUT2D eigenvalue weighted by molar-refractivity contribution is -0.109. The van der Waals surface area contributed by atoms with Crippen LogP contribution in [0.2, 0.25) is 0 Å². The summed E-state index contributed by atoms with van der Waals surface area (Å²) in [6, 6.07) is 0. The van der Waals surface area contributed by atoms with E-state index in [4.69, 9.17) is 0 Å². The van der Waals surface area contributed by atoms with E-state index in [1.54, 1.807) is 0 Å². The van der Waals surface area contributed by atoms with Crippen molar-refractivity contribution in [2.24, 2.45) is 10.5 Å². The maximum atomic E-state index is 10.5. The van der Waals surface area contributed by atoms with E-state index in [1.165, 1.54) is 12.8 Å². The van der Waals surface area contributed by atoms with Crippen LogP contribution in [0.15, 0.2) is 5.10 Å². The number of hydrogen-bond acceptors (Lipinski definition) is 4. The molecule has 4 heteroatoms. The quantitative estimate of drug-likeness (QED) is 0.621. The SMILES string of the molecule is CCCCN1CN(CC(C)(C)CC=O)C=N1. The van der Waals surface area contributed by atoms with Crippen molar-refractivity contribution in [2.75, 3.05) is 19.8 Å². The summed E-state index contributed by atoms with van der Waals surface area (Å²) in [5.74, 6) is 0. The number of carbonyl (C=O) groups excluding carboxylic acids is 1. The Morgan fingerprint density at radius 3 is 2.88 bits per heavy atom. The third-order valence-corrected chi connectivity index (χ3v) is 2.76. The van der Waals surface area contributed by atoms with Crippen LogP contribution in [0.5, 0.6) is 0 Å². The number of unbranched alkanes of at least 4 members (excludes halogenated alkanes) is 1. The summed E-state index contributed by atoms with van der Waals surface area (Å²) in [6.45, 7) is 9.19. The highest BCUT2D eigenvalue weighted by atomic mass is 16.1. The van der Waals surface area contributed by atoms with E-state index in [1.807, 2.05) is 6.34 Å². The van der Waals surface area contributed by atoms with Gasteiger partial charge in [0.1, 0.15) is 19.3 Å². The molecule has 16 heavy (non-hydrogen) atoms. The number of hydrogen-bond donors (Lipinski definition) is 0. The van der Waals surface area contributed by atoms with Crippen molar-refractivity contribution in [3.8, 4) is 0 Å². The highest BCUT2D eigenvalue weighted by molar-refractivity contribution is 5.56. The molecule has 0 N–H and O–H groups in total. The van der Waals surface area contributed by atoms with Gasteiger partial charge in [-0.2, -0.15) is 5.10 Å². The zero-order chi connectivity index (χ0) is 12.0. The summed E-state index contributed by atoms with van der Waals surface area (Å²) < 4.78 is 0. The van der Waals surface area contributed by atoms with Gasteiger partial charge in [-0.1, -0.05) is 27.2 Å². The van der Waals surface area contributed by atoms with E-state index in [9.17, 15) is 4.79 Å². The van der Waals surface area contributed by atoms with E-state index < -0.39 is 0 Å². The smallest absolute Gasteiger partial charge is 0.120 e. The summed E-state index contributed by atoms with van der Waals surface area (Å²) >= 11 is 0. The Morgan fingerprint density at radius 1 is 1.50 bits per heavy atom. The first-order chi connectivity index (χ1) is 7.57. The molecule has 1 aliphatic rings. The Balaban J connectivity index is 2.31. The van der Waals surface area contributed by atoms with Gasteiger partial charge in [0.25, 0.3) is 0 Å². The Kier molecular flexibility index (Phi) is 4.77. The number of carbonyl (C=O) groups is 1. The summed E-state index contributed by atoms with van der Waals surface area (Å²) in [5, 5.41) is 6.43. The molecule has 0 aliphatic carbocycles. The van der Waals surface area contributed by atoms with Gasteiger partial charge in [-0.05, 0) is 11.8 Å². The molecule has 0 fully saturated rings. The molecule has 1 heterocycles. The molecule has 0 saturated heterocycles. The number of hydrazone groups is 1. The van der Waals surface area contributed by atoms with E-state index in [0.717, 1.165) is 26.0 Å². The van der Waals surface area contributed by atoms with Crippen LogP contribution in [0, 0.1) is 5.41 Å². The Hall–Kier alpha value is -1.06. The minimum atomic E-state index is 0.0362. The molecule has 0 aromatic rings. The fraction of sp³-hybridized carbons (Fsp3) is 0.833. The van der Waals surface area contributed by atoms with Gasteiger partial charge in [0.05, 0.1) is 0 Å². The maximum Gasteiger partial charge on any atom is 0.120 e. The van der Waals surface area contributed by atoms with Crippen molar-refractivity contribution >= 4 is 12.6 Å². The first-order valence-electron chi connectivity index (χ1n) is 6.04. The van der Waals surface area contributed by atoms with Crippen LogP contribution < -0.4 is 0 Å². The number of rotatable bonds is 7. The Labute approximate surface area is 98.3 Å². The molecule has 0 bridgehead atoms.